The van der Waals surface area contributed by atoms with Gasteiger partial charge in [0, 0.05) is 6.54 Å². The van der Waals surface area contributed by atoms with E-state index in [-0.39, 0.29) is 6.10 Å². The Morgan fingerprint density at radius 2 is 1.55 bits per heavy atom. The van der Waals surface area contributed by atoms with Crippen LogP contribution < -0.4 is 4.74 Å². The summed E-state index contributed by atoms with van der Waals surface area (Å²) < 4.78 is 5.44. The standard InChI is InChI=1S/C19H33NO2/c1-4-7-14-20(15-8-5-2)16-13-19(21)17-9-11-18(12-10-17)22-6-3/h9-12,19,21H,4-8,13-16H2,1-3H3. The molecule has 3 heteroatoms. The van der Waals surface area contributed by atoms with Gasteiger partial charge in [0.05, 0.1) is 12.7 Å². The maximum absolute atomic E-state index is 10.4. The van der Waals surface area contributed by atoms with Crippen LogP contribution in [0.4, 0.5) is 0 Å². The predicted octanol–water partition coefficient (Wildman–Crippen LogP) is 4.41. The number of rotatable bonds is 12. The number of hydrogen-bond donors (Lipinski definition) is 1. The van der Waals surface area contributed by atoms with Crippen LogP contribution in [-0.4, -0.2) is 36.2 Å². The van der Waals surface area contributed by atoms with E-state index in [2.05, 4.69) is 18.7 Å². The summed E-state index contributed by atoms with van der Waals surface area (Å²) >= 11 is 0. The molecule has 0 saturated carbocycles. The molecular formula is C19H33NO2. The number of nitrogens with zero attached hydrogens (tertiary/aromatic N) is 1. The lowest BCUT2D eigenvalue weighted by atomic mass is 10.1. The number of aliphatic hydroxyl groups excluding tert-OH is 1. The fraction of sp³-hybridized carbons (Fsp3) is 0.684. The molecule has 1 rings (SSSR count). The smallest absolute Gasteiger partial charge is 0.119 e. The molecule has 1 unspecified atom stereocenters. The third-order valence-electron chi connectivity index (χ3n) is 3.95. The van der Waals surface area contributed by atoms with Gasteiger partial charge in [0.25, 0.3) is 0 Å². The summed E-state index contributed by atoms with van der Waals surface area (Å²) in [6.45, 7) is 10.4. The summed E-state index contributed by atoms with van der Waals surface area (Å²) in [6, 6.07) is 7.82. The first-order valence-corrected chi connectivity index (χ1v) is 8.84. The minimum Gasteiger partial charge on any atom is -0.494 e. The van der Waals surface area contributed by atoms with Crippen LogP contribution in [0.5, 0.6) is 5.75 Å². The van der Waals surface area contributed by atoms with Crippen LogP contribution in [0.3, 0.4) is 0 Å². The van der Waals surface area contributed by atoms with Crippen LogP contribution in [0.1, 0.15) is 64.5 Å². The molecule has 0 amide bonds. The largest absolute Gasteiger partial charge is 0.494 e. The van der Waals surface area contributed by atoms with E-state index in [4.69, 9.17) is 4.74 Å². The van der Waals surface area contributed by atoms with Crippen LogP contribution in [0.2, 0.25) is 0 Å². The molecule has 22 heavy (non-hydrogen) atoms. The zero-order chi connectivity index (χ0) is 16.2. The lowest BCUT2D eigenvalue weighted by Gasteiger charge is -2.23. The van der Waals surface area contributed by atoms with Crippen molar-refractivity contribution in [3.8, 4) is 5.75 Å². The highest BCUT2D eigenvalue weighted by atomic mass is 16.5. The van der Waals surface area contributed by atoms with E-state index in [0.29, 0.717) is 6.61 Å². The fourth-order valence-electron chi connectivity index (χ4n) is 2.52. The Bertz CT molecular complexity index is 370. The Balaban J connectivity index is 2.45. The van der Waals surface area contributed by atoms with E-state index in [1.807, 2.05) is 31.2 Å². The van der Waals surface area contributed by atoms with E-state index >= 15 is 0 Å². The van der Waals surface area contributed by atoms with Gasteiger partial charge in [-0.15, -0.1) is 0 Å². The second-order valence-corrected chi connectivity index (χ2v) is 5.86. The molecule has 1 atom stereocenters. The molecule has 1 N–H and O–H groups in total. The lowest BCUT2D eigenvalue weighted by molar-refractivity contribution is 0.140. The molecule has 0 aliphatic rings. The highest BCUT2D eigenvalue weighted by Crippen LogP contribution is 2.20. The molecule has 0 heterocycles. The molecular weight excluding hydrogens is 274 g/mol. The van der Waals surface area contributed by atoms with Crippen molar-refractivity contribution in [2.24, 2.45) is 0 Å². The Labute approximate surface area is 136 Å². The van der Waals surface area contributed by atoms with Crippen molar-refractivity contribution in [1.29, 1.82) is 0 Å². The third-order valence-corrected chi connectivity index (χ3v) is 3.95. The molecule has 3 nitrogen and oxygen atoms in total. The zero-order valence-electron chi connectivity index (χ0n) is 14.6. The molecule has 0 aliphatic carbocycles. The van der Waals surface area contributed by atoms with Crippen LogP contribution >= 0.6 is 0 Å². The van der Waals surface area contributed by atoms with Gasteiger partial charge in [-0.3, -0.25) is 0 Å². The molecule has 0 aromatic heterocycles. The van der Waals surface area contributed by atoms with Gasteiger partial charge in [-0.1, -0.05) is 38.8 Å². The molecule has 0 bridgehead atoms. The number of unbranched alkanes of at least 4 members (excludes halogenated alkanes) is 2. The summed E-state index contributed by atoms with van der Waals surface area (Å²) in [5, 5.41) is 10.4. The first-order valence-electron chi connectivity index (χ1n) is 8.84. The van der Waals surface area contributed by atoms with Crippen molar-refractivity contribution >= 4 is 0 Å². The van der Waals surface area contributed by atoms with Gasteiger partial charge in [0.2, 0.25) is 0 Å². The van der Waals surface area contributed by atoms with Gasteiger partial charge in [-0.05, 0) is 57.0 Å². The molecule has 0 aliphatic heterocycles. The van der Waals surface area contributed by atoms with Crippen LogP contribution in [0.25, 0.3) is 0 Å². The average Bonchev–Trinajstić information content (AvgIpc) is 2.55. The van der Waals surface area contributed by atoms with E-state index in [1.54, 1.807) is 0 Å². The molecule has 1 aromatic rings. The van der Waals surface area contributed by atoms with E-state index in [1.165, 1.54) is 25.7 Å². The van der Waals surface area contributed by atoms with Gasteiger partial charge in [-0.25, -0.2) is 0 Å². The van der Waals surface area contributed by atoms with Crippen LogP contribution in [0.15, 0.2) is 24.3 Å². The summed E-state index contributed by atoms with van der Waals surface area (Å²) in [4.78, 5) is 2.49. The van der Waals surface area contributed by atoms with E-state index in [9.17, 15) is 5.11 Å². The minimum absolute atomic E-state index is 0.388. The molecule has 0 spiro atoms. The highest BCUT2D eigenvalue weighted by Gasteiger charge is 2.11. The second-order valence-electron chi connectivity index (χ2n) is 5.86. The van der Waals surface area contributed by atoms with Crippen molar-refractivity contribution in [3.63, 3.8) is 0 Å². The highest BCUT2D eigenvalue weighted by molar-refractivity contribution is 5.28. The quantitative estimate of drug-likeness (QED) is 0.621. The number of aliphatic hydroxyl groups is 1. The molecule has 126 valence electrons. The van der Waals surface area contributed by atoms with Crippen molar-refractivity contribution in [3.05, 3.63) is 29.8 Å². The maximum Gasteiger partial charge on any atom is 0.119 e. The van der Waals surface area contributed by atoms with Gasteiger partial charge < -0.3 is 14.7 Å². The topological polar surface area (TPSA) is 32.7 Å². The van der Waals surface area contributed by atoms with Gasteiger partial charge in [-0.2, -0.15) is 0 Å². The fourth-order valence-corrected chi connectivity index (χ4v) is 2.52. The van der Waals surface area contributed by atoms with Crippen molar-refractivity contribution in [2.75, 3.05) is 26.2 Å². The first-order chi connectivity index (χ1) is 10.7. The van der Waals surface area contributed by atoms with Crippen molar-refractivity contribution in [1.82, 2.24) is 4.90 Å². The Hall–Kier alpha value is -1.06. The van der Waals surface area contributed by atoms with E-state index < -0.39 is 0 Å². The molecule has 0 fully saturated rings. The van der Waals surface area contributed by atoms with Crippen LogP contribution in [0, 0.1) is 0 Å². The van der Waals surface area contributed by atoms with Gasteiger partial charge in [0.15, 0.2) is 0 Å². The Kier molecular flexibility index (Phi) is 9.93. The molecule has 1 aromatic carbocycles. The summed E-state index contributed by atoms with van der Waals surface area (Å²) in [5.74, 6) is 0.867. The second kappa shape index (κ2) is 11.5. The van der Waals surface area contributed by atoms with Crippen molar-refractivity contribution in [2.45, 2.75) is 59.0 Å². The van der Waals surface area contributed by atoms with E-state index in [0.717, 1.165) is 37.4 Å². The summed E-state index contributed by atoms with van der Waals surface area (Å²) in [6.07, 6.45) is 5.34. The minimum atomic E-state index is -0.388. The third kappa shape index (κ3) is 7.28. The number of hydrogen-bond acceptors (Lipinski definition) is 3. The monoisotopic (exact) mass is 307 g/mol. The summed E-state index contributed by atoms with van der Waals surface area (Å²) in [7, 11) is 0. The molecule has 0 radical (unpaired) electrons. The zero-order valence-corrected chi connectivity index (χ0v) is 14.6. The predicted molar refractivity (Wildman–Crippen MR) is 93.4 cm³/mol. The maximum atomic E-state index is 10.4. The van der Waals surface area contributed by atoms with Gasteiger partial charge in [0.1, 0.15) is 5.75 Å². The molecule has 0 saturated heterocycles. The SMILES string of the molecule is CCCCN(CCCC)CCC(O)c1ccc(OCC)cc1. The number of benzene rings is 1. The average molecular weight is 307 g/mol. The van der Waals surface area contributed by atoms with Crippen molar-refractivity contribution < 1.29 is 9.84 Å². The number of ether oxygens (including phenoxy) is 1. The van der Waals surface area contributed by atoms with Crippen LogP contribution in [-0.2, 0) is 0 Å². The normalized spacial score (nSPS) is 12.6. The van der Waals surface area contributed by atoms with Gasteiger partial charge >= 0.3 is 0 Å². The summed E-state index contributed by atoms with van der Waals surface area (Å²) in [5.41, 5.74) is 0.981. The first kappa shape index (κ1) is 19.0. The Morgan fingerprint density at radius 3 is 2.05 bits per heavy atom. The lowest BCUT2D eigenvalue weighted by Crippen LogP contribution is -2.28. The Morgan fingerprint density at radius 1 is 0.955 bits per heavy atom.